The molecule has 1 saturated heterocycles. The van der Waals surface area contributed by atoms with Crippen LogP contribution in [0.5, 0.6) is 0 Å². The topological polar surface area (TPSA) is 110 Å². The van der Waals surface area contributed by atoms with Crippen molar-refractivity contribution in [2.24, 2.45) is 0 Å². The highest BCUT2D eigenvalue weighted by molar-refractivity contribution is 8.18. The summed E-state index contributed by atoms with van der Waals surface area (Å²) >= 11 is 6.76. The van der Waals surface area contributed by atoms with Gasteiger partial charge in [0, 0.05) is 25.2 Å². The zero-order valence-electron chi connectivity index (χ0n) is 14.8. The third kappa shape index (κ3) is 4.82. The van der Waals surface area contributed by atoms with Gasteiger partial charge in [-0.15, -0.1) is 0 Å². The van der Waals surface area contributed by atoms with E-state index in [4.69, 9.17) is 11.6 Å². The van der Waals surface area contributed by atoms with E-state index in [1.165, 1.54) is 12.1 Å². The molecule has 3 amide bonds. The molecule has 10 heteroatoms. The minimum atomic E-state index is -0.615. The number of hydrogen-bond acceptors (Lipinski definition) is 6. The second kappa shape index (κ2) is 8.89. The molecule has 2 aromatic rings. The van der Waals surface area contributed by atoms with Gasteiger partial charge in [0.05, 0.1) is 20.4 Å². The maximum atomic E-state index is 12.4. The van der Waals surface area contributed by atoms with E-state index in [-0.39, 0.29) is 29.4 Å². The van der Waals surface area contributed by atoms with Gasteiger partial charge < -0.3 is 5.32 Å². The molecule has 29 heavy (non-hydrogen) atoms. The van der Waals surface area contributed by atoms with Crippen LogP contribution < -0.4 is 5.32 Å². The summed E-state index contributed by atoms with van der Waals surface area (Å²) in [6.07, 6.45) is 1.64. The van der Waals surface area contributed by atoms with E-state index in [9.17, 15) is 24.5 Å². The number of non-ortho nitro benzene ring substituents is 1. The Morgan fingerprint density at radius 2 is 1.93 bits per heavy atom. The number of benzene rings is 2. The minimum Gasteiger partial charge on any atom is -0.350 e. The number of amides is 3. The summed E-state index contributed by atoms with van der Waals surface area (Å²) in [5.74, 6) is -0.983. The van der Waals surface area contributed by atoms with E-state index < -0.39 is 22.0 Å². The van der Waals surface area contributed by atoms with E-state index in [1.807, 2.05) is 30.3 Å². The lowest BCUT2D eigenvalue weighted by atomic mass is 10.2. The molecule has 0 saturated carbocycles. The smallest absolute Gasteiger partial charge is 0.293 e. The fourth-order valence-corrected chi connectivity index (χ4v) is 3.70. The molecular weight excluding hydrogens is 418 g/mol. The van der Waals surface area contributed by atoms with Gasteiger partial charge >= 0.3 is 0 Å². The Balaban J connectivity index is 1.60. The maximum absolute atomic E-state index is 12.4. The number of nitro groups is 1. The summed E-state index contributed by atoms with van der Waals surface area (Å²) in [5.41, 5.74) is 0.643. The van der Waals surface area contributed by atoms with Gasteiger partial charge in [-0.3, -0.25) is 29.4 Å². The van der Waals surface area contributed by atoms with E-state index in [0.29, 0.717) is 4.91 Å². The van der Waals surface area contributed by atoms with Gasteiger partial charge in [-0.1, -0.05) is 41.9 Å². The number of carbonyl (C=O) groups is 3. The second-order valence-electron chi connectivity index (χ2n) is 5.92. The van der Waals surface area contributed by atoms with Crippen molar-refractivity contribution in [3.8, 4) is 0 Å². The molecule has 8 nitrogen and oxygen atoms in total. The van der Waals surface area contributed by atoms with Gasteiger partial charge in [0.2, 0.25) is 0 Å². The van der Waals surface area contributed by atoms with Crippen LogP contribution in [0.4, 0.5) is 10.5 Å². The van der Waals surface area contributed by atoms with Crippen LogP contribution in [0, 0.1) is 10.1 Å². The van der Waals surface area contributed by atoms with Crippen molar-refractivity contribution in [2.45, 2.75) is 0 Å². The number of nitrogens with one attached hydrogen (secondary N) is 1. The van der Waals surface area contributed by atoms with E-state index >= 15 is 0 Å². The van der Waals surface area contributed by atoms with Crippen molar-refractivity contribution >= 4 is 52.2 Å². The first-order valence-electron chi connectivity index (χ1n) is 8.39. The molecule has 0 aromatic heterocycles. The zero-order valence-corrected chi connectivity index (χ0v) is 16.4. The van der Waals surface area contributed by atoms with Crippen molar-refractivity contribution in [1.29, 1.82) is 0 Å². The largest absolute Gasteiger partial charge is 0.350 e. The van der Waals surface area contributed by atoms with Crippen LogP contribution in [0.3, 0.4) is 0 Å². The van der Waals surface area contributed by atoms with Crippen LogP contribution in [0.1, 0.15) is 15.9 Å². The van der Waals surface area contributed by atoms with Crippen LogP contribution in [0.25, 0.3) is 6.08 Å². The SMILES string of the molecule is O=C(NCCN1C(=O)SC(=Cc2ccccc2)C1=O)c1ccc([N+](=O)[O-])cc1Cl. The van der Waals surface area contributed by atoms with Crippen LogP contribution in [0.15, 0.2) is 53.4 Å². The predicted molar refractivity (Wildman–Crippen MR) is 110 cm³/mol. The third-order valence-corrected chi connectivity index (χ3v) is 5.22. The molecular formula is C19H14ClN3O5S. The van der Waals surface area contributed by atoms with Crippen molar-refractivity contribution in [3.63, 3.8) is 0 Å². The van der Waals surface area contributed by atoms with Gasteiger partial charge in [0.25, 0.3) is 22.7 Å². The monoisotopic (exact) mass is 431 g/mol. The van der Waals surface area contributed by atoms with Crippen molar-refractivity contribution in [2.75, 3.05) is 13.1 Å². The first-order valence-corrected chi connectivity index (χ1v) is 9.59. The lowest BCUT2D eigenvalue weighted by Gasteiger charge is -2.13. The Kier molecular flexibility index (Phi) is 6.30. The number of halogens is 1. The van der Waals surface area contributed by atoms with E-state index in [1.54, 1.807) is 6.08 Å². The molecule has 0 unspecified atom stereocenters. The highest BCUT2D eigenvalue weighted by Crippen LogP contribution is 2.31. The van der Waals surface area contributed by atoms with Crippen LogP contribution in [-0.4, -0.2) is 40.0 Å². The maximum Gasteiger partial charge on any atom is 0.293 e. The molecule has 2 aromatic carbocycles. The number of hydrogen-bond donors (Lipinski definition) is 1. The summed E-state index contributed by atoms with van der Waals surface area (Å²) in [6.45, 7) is 0.00986. The zero-order chi connectivity index (χ0) is 21.0. The Hall–Kier alpha value is -3.17. The van der Waals surface area contributed by atoms with Gasteiger partial charge in [-0.25, -0.2) is 0 Å². The Labute approximate surface area is 174 Å². The molecule has 0 aliphatic carbocycles. The lowest BCUT2D eigenvalue weighted by molar-refractivity contribution is -0.384. The fraction of sp³-hybridized carbons (Fsp3) is 0.105. The summed E-state index contributed by atoms with van der Waals surface area (Å²) in [7, 11) is 0. The fourth-order valence-electron chi connectivity index (χ4n) is 2.57. The minimum absolute atomic E-state index is 0.00681. The molecule has 0 spiro atoms. The number of nitro benzene ring substituents is 1. The van der Waals surface area contributed by atoms with Crippen LogP contribution in [0.2, 0.25) is 5.02 Å². The van der Waals surface area contributed by atoms with Crippen molar-refractivity contribution in [1.82, 2.24) is 10.2 Å². The summed E-state index contributed by atoms with van der Waals surface area (Å²) in [4.78, 5) is 48.3. The number of thioether (sulfide) groups is 1. The molecule has 148 valence electrons. The van der Waals surface area contributed by atoms with Crippen molar-refractivity contribution in [3.05, 3.63) is 79.7 Å². The first-order chi connectivity index (χ1) is 13.9. The number of carbonyl (C=O) groups excluding carboxylic acids is 3. The molecule has 0 bridgehead atoms. The molecule has 1 heterocycles. The summed E-state index contributed by atoms with van der Waals surface area (Å²) in [6, 6.07) is 12.7. The molecule has 1 aliphatic heterocycles. The highest BCUT2D eigenvalue weighted by atomic mass is 35.5. The Morgan fingerprint density at radius 3 is 2.59 bits per heavy atom. The predicted octanol–water partition coefficient (Wildman–Crippen LogP) is 3.71. The van der Waals surface area contributed by atoms with Crippen molar-refractivity contribution < 1.29 is 19.3 Å². The quantitative estimate of drug-likeness (QED) is 0.424. The average Bonchev–Trinajstić information content (AvgIpc) is 2.95. The van der Waals surface area contributed by atoms with Gasteiger partial charge in [-0.2, -0.15) is 0 Å². The standard InChI is InChI=1S/C19H14ClN3O5S/c20-15-11-13(23(27)28)6-7-14(15)17(24)21-8-9-22-18(25)16(29-19(22)26)10-12-4-2-1-3-5-12/h1-7,10-11H,8-9H2,(H,21,24). The lowest BCUT2D eigenvalue weighted by Crippen LogP contribution is -2.37. The number of nitrogens with zero attached hydrogens (tertiary/aromatic N) is 2. The van der Waals surface area contributed by atoms with Crippen LogP contribution >= 0.6 is 23.4 Å². The average molecular weight is 432 g/mol. The second-order valence-corrected chi connectivity index (χ2v) is 7.32. The number of rotatable bonds is 6. The van der Waals surface area contributed by atoms with Gasteiger partial charge in [-0.05, 0) is 29.5 Å². The Bertz CT molecular complexity index is 1030. The van der Waals surface area contributed by atoms with E-state index in [0.717, 1.165) is 28.3 Å². The molecule has 3 rings (SSSR count). The molecule has 0 radical (unpaired) electrons. The third-order valence-electron chi connectivity index (χ3n) is 4.00. The highest BCUT2D eigenvalue weighted by Gasteiger charge is 2.34. The molecule has 1 aliphatic rings. The van der Waals surface area contributed by atoms with Crippen LogP contribution in [-0.2, 0) is 4.79 Å². The summed E-state index contributed by atoms with van der Waals surface area (Å²) < 4.78 is 0. The normalized spacial score (nSPS) is 15.1. The summed E-state index contributed by atoms with van der Waals surface area (Å²) in [5, 5.41) is 12.8. The van der Waals surface area contributed by atoms with Gasteiger partial charge in [0.15, 0.2) is 0 Å². The van der Waals surface area contributed by atoms with Gasteiger partial charge in [0.1, 0.15) is 0 Å². The molecule has 0 atom stereocenters. The van der Waals surface area contributed by atoms with E-state index in [2.05, 4.69) is 5.32 Å². The number of imide groups is 1. The molecule has 1 fully saturated rings. The Morgan fingerprint density at radius 1 is 1.21 bits per heavy atom. The first kappa shape index (κ1) is 20.6. The molecule has 1 N–H and O–H groups in total.